The van der Waals surface area contributed by atoms with E-state index in [9.17, 15) is 9.59 Å². The van der Waals surface area contributed by atoms with Crippen molar-refractivity contribution in [3.63, 3.8) is 0 Å². The van der Waals surface area contributed by atoms with Crippen molar-refractivity contribution in [2.45, 2.75) is 45.3 Å². The van der Waals surface area contributed by atoms with Crippen molar-refractivity contribution >= 4 is 12.2 Å². The summed E-state index contributed by atoms with van der Waals surface area (Å²) in [6.07, 6.45) is 0.103. The molecule has 0 saturated carbocycles. The molecule has 1 aliphatic rings. The lowest BCUT2D eigenvalue weighted by molar-refractivity contribution is 0.0469. The third-order valence-electron chi connectivity index (χ3n) is 2.41. The van der Waals surface area contributed by atoms with Gasteiger partial charge in [-0.2, -0.15) is 0 Å². The Hall–Kier alpha value is -1.46. The first-order valence-corrected chi connectivity index (χ1v) is 5.75. The monoisotopic (exact) mass is 244 g/mol. The van der Waals surface area contributed by atoms with Gasteiger partial charge in [0.2, 0.25) is 0 Å². The number of rotatable bonds is 1. The number of likely N-dealkylation sites (tertiary alicyclic amines) is 1. The molecule has 0 aromatic heterocycles. The average molecular weight is 244 g/mol. The first kappa shape index (κ1) is 13.6. The zero-order valence-electron chi connectivity index (χ0n) is 10.5. The van der Waals surface area contributed by atoms with Crippen LogP contribution >= 0.6 is 0 Å². The van der Waals surface area contributed by atoms with E-state index < -0.39 is 17.8 Å². The molecule has 2 amide bonds. The van der Waals surface area contributed by atoms with Crippen LogP contribution in [0.4, 0.5) is 9.59 Å². The molecule has 98 valence electrons. The minimum atomic E-state index is -0.944. The Balaban J connectivity index is 2.41. The second kappa shape index (κ2) is 5.25. The van der Waals surface area contributed by atoms with Gasteiger partial charge in [0.15, 0.2) is 0 Å². The fraction of sp³-hybridized carbons (Fsp3) is 0.818. The lowest BCUT2D eigenvalue weighted by Gasteiger charge is -2.31. The van der Waals surface area contributed by atoms with Crippen LogP contribution in [0.15, 0.2) is 0 Å². The summed E-state index contributed by atoms with van der Waals surface area (Å²) in [4.78, 5) is 23.6. The molecular formula is C11H20N2O4. The van der Waals surface area contributed by atoms with Crippen molar-refractivity contribution in [3.8, 4) is 0 Å². The number of piperidine rings is 1. The minimum Gasteiger partial charge on any atom is -0.465 e. The van der Waals surface area contributed by atoms with Gasteiger partial charge in [-0.05, 0) is 33.6 Å². The lowest BCUT2D eigenvalue weighted by Crippen LogP contribution is -2.50. The summed E-state index contributed by atoms with van der Waals surface area (Å²) in [5.74, 6) is 0. The van der Waals surface area contributed by atoms with Crippen LogP contribution in [0.2, 0.25) is 0 Å². The Morgan fingerprint density at radius 1 is 1.41 bits per heavy atom. The summed E-state index contributed by atoms with van der Waals surface area (Å²) < 4.78 is 5.12. The van der Waals surface area contributed by atoms with E-state index in [1.165, 1.54) is 4.90 Å². The van der Waals surface area contributed by atoms with Gasteiger partial charge in [0.25, 0.3) is 0 Å². The second-order valence-corrected chi connectivity index (χ2v) is 5.21. The van der Waals surface area contributed by atoms with Gasteiger partial charge in [-0.15, -0.1) is 0 Å². The highest BCUT2D eigenvalue weighted by atomic mass is 16.6. The number of amides is 2. The van der Waals surface area contributed by atoms with Crippen molar-refractivity contribution in [2.75, 3.05) is 13.1 Å². The molecule has 1 fully saturated rings. The Morgan fingerprint density at radius 3 is 2.59 bits per heavy atom. The predicted octanol–water partition coefficient (Wildman–Crippen LogP) is 1.65. The molecule has 0 unspecified atom stereocenters. The average Bonchev–Trinajstić information content (AvgIpc) is 2.14. The quantitative estimate of drug-likeness (QED) is 0.735. The van der Waals surface area contributed by atoms with E-state index in [0.717, 1.165) is 12.8 Å². The topological polar surface area (TPSA) is 78.9 Å². The molecule has 1 rings (SSSR count). The highest BCUT2D eigenvalue weighted by molar-refractivity contribution is 5.69. The maximum absolute atomic E-state index is 11.5. The van der Waals surface area contributed by atoms with E-state index in [1.54, 1.807) is 20.8 Å². The normalized spacial score (nSPS) is 20.9. The van der Waals surface area contributed by atoms with Crippen molar-refractivity contribution in [1.29, 1.82) is 0 Å². The van der Waals surface area contributed by atoms with Crippen molar-refractivity contribution < 1.29 is 19.4 Å². The van der Waals surface area contributed by atoms with Crippen LogP contribution in [0.25, 0.3) is 0 Å². The Labute approximate surface area is 101 Å². The van der Waals surface area contributed by atoms with Gasteiger partial charge >= 0.3 is 12.2 Å². The SMILES string of the molecule is CC(C)(C)OC(=O)N[C@H]1CCCN(C(=O)O)C1. The van der Waals surface area contributed by atoms with Gasteiger partial charge in [0.1, 0.15) is 5.60 Å². The first-order valence-electron chi connectivity index (χ1n) is 5.75. The summed E-state index contributed by atoms with van der Waals surface area (Å²) >= 11 is 0. The highest BCUT2D eigenvalue weighted by Crippen LogP contribution is 2.12. The molecule has 0 bridgehead atoms. The molecule has 0 aromatic carbocycles. The van der Waals surface area contributed by atoms with E-state index in [2.05, 4.69) is 5.32 Å². The van der Waals surface area contributed by atoms with Crippen LogP contribution in [-0.4, -0.2) is 46.9 Å². The highest BCUT2D eigenvalue weighted by Gasteiger charge is 2.26. The molecule has 0 spiro atoms. The van der Waals surface area contributed by atoms with Crippen LogP contribution in [0.3, 0.4) is 0 Å². The van der Waals surface area contributed by atoms with Crippen molar-refractivity contribution in [3.05, 3.63) is 0 Å². The maximum Gasteiger partial charge on any atom is 0.407 e. The zero-order chi connectivity index (χ0) is 13.1. The molecule has 1 heterocycles. The number of carbonyl (C=O) groups is 2. The molecule has 0 aliphatic carbocycles. The van der Waals surface area contributed by atoms with E-state index in [0.29, 0.717) is 13.1 Å². The standard InChI is InChI=1S/C11H20N2O4/c1-11(2,3)17-9(14)12-8-5-4-6-13(7-8)10(15)16/h8H,4-7H2,1-3H3,(H,12,14)(H,15,16)/t8-/m0/s1. The van der Waals surface area contributed by atoms with Crippen LogP contribution in [0.1, 0.15) is 33.6 Å². The number of nitrogens with one attached hydrogen (secondary N) is 1. The van der Waals surface area contributed by atoms with Crippen molar-refractivity contribution in [2.24, 2.45) is 0 Å². The van der Waals surface area contributed by atoms with Crippen molar-refractivity contribution in [1.82, 2.24) is 10.2 Å². The summed E-state index contributed by atoms with van der Waals surface area (Å²) in [5.41, 5.74) is -0.536. The Kier molecular flexibility index (Phi) is 4.20. The van der Waals surface area contributed by atoms with Crippen LogP contribution in [0.5, 0.6) is 0 Å². The molecule has 0 aromatic rings. The van der Waals surface area contributed by atoms with E-state index >= 15 is 0 Å². The van der Waals surface area contributed by atoms with Crippen LogP contribution < -0.4 is 5.32 Å². The molecule has 17 heavy (non-hydrogen) atoms. The smallest absolute Gasteiger partial charge is 0.407 e. The molecular weight excluding hydrogens is 224 g/mol. The summed E-state index contributed by atoms with van der Waals surface area (Å²) in [6, 6.07) is -0.158. The summed E-state index contributed by atoms with van der Waals surface area (Å²) in [5, 5.41) is 11.6. The second-order valence-electron chi connectivity index (χ2n) is 5.21. The molecule has 1 saturated heterocycles. The van der Waals surface area contributed by atoms with Gasteiger partial charge in [-0.3, -0.25) is 0 Å². The fourth-order valence-corrected chi connectivity index (χ4v) is 1.74. The molecule has 2 N–H and O–H groups in total. The van der Waals surface area contributed by atoms with Gasteiger partial charge in [-0.25, -0.2) is 9.59 Å². The number of nitrogens with zero attached hydrogens (tertiary/aromatic N) is 1. The zero-order valence-corrected chi connectivity index (χ0v) is 10.5. The number of carbonyl (C=O) groups excluding carboxylic acids is 1. The number of carboxylic acid groups (broad SMARTS) is 1. The maximum atomic E-state index is 11.5. The molecule has 0 radical (unpaired) electrons. The lowest BCUT2D eigenvalue weighted by atomic mass is 10.1. The van der Waals surface area contributed by atoms with Gasteiger partial charge in [0.05, 0.1) is 0 Å². The van der Waals surface area contributed by atoms with Crippen LogP contribution in [-0.2, 0) is 4.74 Å². The van der Waals surface area contributed by atoms with E-state index in [4.69, 9.17) is 9.84 Å². The van der Waals surface area contributed by atoms with Crippen LogP contribution in [0, 0.1) is 0 Å². The van der Waals surface area contributed by atoms with E-state index in [1.807, 2.05) is 0 Å². The fourth-order valence-electron chi connectivity index (χ4n) is 1.74. The summed E-state index contributed by atoms with van der Waals surface area (Å²) in [7, 11) is 0. The predicted molar refractivity (Wildman–Crippen MR) is 62.0 cm³/mol. The number of hydrogen-bond acceptors (Lipinski definition) is 3. The van der Waals surface area contributed by atoms with Gasteiger partial charge in [0, 0.05) is 19.1 Å². The number of ether oxygens (including phenoxy) is 1. The van der Waals surface area contributed by atoms with Gasteiger partial charge in [-0.1, -0.05) is 0 Å². The number of alkyl carbamates (subject to hydrolysis) is 1. The largest absolute Gasteiger partial charge is 0.465 e. The van der Waals surface area contributed by atoms with E-state index in [-0.39, 0.29) is 6.04 Å². The Bertz CT molecular complexity index is 298. The van der Waals surface area contributed by atoms with Gasteiger partial charge < -0.3 is 20.1 Å². The number of hydrogen-bond donors (Lipinski definition) is 2. The molecule has 6 heteroatoms. The molecule has 1 atom stereocenters. The molecule has 1 aliphatic heterocycles. The first-order chi connectivity index (χ1) is 7.78. The minimum absolute atomic E-state index is 0.158. The molecule has 6 nitrogen and oxygen atoms in total. The third-order valence-corrected chi connectivity index (χ3v) is 2.41. The summed E-state index contributed by atoms with van der Waals surface area (Å²) in [6.45, 7) is 6.22. The third kappa shape index (κ3) is 4.93. The Morgan fingerprint density at radius 2 is 2.06 bits per heavy atom.